The molecule has 4 heteroatoms. The maximum atomic E-state index is 11.7. The molecular weight excluding hydrogens is 216 g/mol. The SMILES string of the molecule is CCC1C(=O)NCCN1c1ccc(C=O)cc1. The number of benzene rings is 1. The Bertz CT molecular complexity index is 414. The molecule has 2 rings (SSSR count). The molecule has 1 atom stereocenters. The Labute approximate surface area is 101 Å². The molecule has 0 aromatic heterocycles. The van der Waals surface area contributed by atoms with E-state index in [9.17, 15) is 9.59 Å². The molecule has 1 amide bonds. The van der Waals surface area contributed by atoms with E-state index in [1.165, 1.54) is 0 Å². The van der Waals surface area contributed by atoms with E-state index in [1.807, 2.05) is 19.1 Å². The third-order valence-corrected chi connectivity index (χ3v) is 3.08. The summed E-state index contributed by atoms with van der Waals surface area (Å²) in [4.78, 5) is 24.4. The summed E-state index contributed by atoms with van der Waals surface area (Å²) in [6, 6.07) is 7.24. The lowest BCUT2D eigenvalue weighted by atomic mass is 10.1. The van der Waals surface area contributed by atoms with Gasteiger partial charge < -0.3 is 10.2 Å². The first-order valence-corrected chi connectivity index (χ1v) is 5.86. The Balaban J connectivity index is 2.24. The number of nitrogens with zero attached hydrogens (tertiary/aromatic N) is 1. The molecule has 0 saturated carbocycles. The van der Waals surface area contributed by atoms with Gasteiger partial charge in [0.15, 0.2) is 0 Å². The Kier molecular flexibility index (Phi) is 3.42. The van der Waals surface area contributed by atoms with Crippen LogP contribution in [-0.2, 0) is 4.79 Å². The van der Waals surface area contributed by atoms with Gasteiger partial charge in [-0.2, -0.15) is 0 Å². The van der Waals surface area contributed by atoms with Crippen LogP contribution in [0.15, 0.2) is 24.3 Å². The second kappa shape index (κ2) is 4.99. The Hall–Kier alpha value is -1.84. The largest absolute Gasteiger partial charge is 0.358 e. The summed E-state index contributed by atoms with van der Waals surface area (Å²) in [6.45, 7) is 3.48. The van der Waals surface area contributed by atoms with Crippen LogP contribution < -0.4 is 10.2 Å². The van der Waals surface area contributed by atoms with Crippen molar-refractivity contribution in [3.05, 3.63) is 29.8 Å². The topological polar surface area (TPSA) is 49.4 Å². The van der Waals surface area contributed by atoms with Crippen molar-refractivity contribution in [3.63, 3.8) is 0 Å². The molecule has 0 aliphatic carbocycles. The first-order chi connectivity index (χ1) is 8.26. The molecule has 1 aliphatic heterocycles. The molecule has 4 nitrogen and oxygen atoms in total. The average Bonchev–Trinajstić information content (AvgIpc) is 2.38. The van der Waals surface area contributed by atoms with E-state index in [0.29, 0.717) is 12.1 Å². The van der Waals surface area contributed by atoms with Gasteiger partial charge in [0.2, 0.25) is 5.91 Å². The molecule has 17 heavy (non-hydrogen) atoms. The number of hydrogen-bond donors (Lipinski definition) is 1. The van der Waals surface area contributed by atoms with Crippen LogP contribution in [0.25, 0.3) is 0 Å². The first kappa shape index (κ1) is 11.6. The Morgan fingerprint density at radius 2 is 2.12 bits per heavy atom. The van der Waals surface area contributed by atoms with Gasteiger partial charge in [-0.25, -0.2) is 0 Å². The number of aldehydes is 1. The van der Waals surface area contributed by atoms with Gasteiger partial charge in [-0.1, -0.05) is 6.92 Å². The standard InChI is InChI=1S/C13H16N2O2/c1-2-12-13(17)14-7-8-15(12)11-5-3-10(9-16)4-6-11/h3-6,9,12H,2,7-8H2,1H3,(H,14,17). The lowest BCUT2D eigenvalue weighted by Gasteiger charge is -2.36. The maximum Gasteiger partial charge on any atom is 0.242 e. The number of anilines is 1. The van der Waals surface area contributed by atoms with Crippen molar-refractivity contribution < 1.29 is 9.59 Å². The van der Waals surface area contributed by atoms with Crippen LogP contribution in [0.4, 0.5) is 5.69 Å². The van der Waals surface area contributed by atoms with Crippen molar-refractivity contribution in [1.29, 1.82) is 0 Å². The van der Waals surface area contributed by atoms with Gasteiger partial charge in [-0.3, -0.25) is 9.59 Å². The highest BCUT2D eigenvalue weighted by Crippen LogP contribution is 2.20. The minimum atomic E-state index is -0.106. The van der Waals surface area contributed by atoms with E-state index in [-0.39, 0.29) is 11.9 Å². The fourth-order valence-corrected chi connectivity index (χ4v) is 2.17. The lowest BCUT2D eigenvalue weighted by Crippen LogP contribution is -2.55. The summed E-state index contributed by atoms with van der Waals surface area (Å²) in [5.74, 6) is 0.0817. The first-order valence-electron chi connectivity index (χ1n) is 5.86. The highest BCUT2D eigenvalue weighted by atomic mass is 16.2. The minimum Gasteiger partial charge on any atom is -0.358 e. The lowest BCUT2D eigenvalue weighted by molar-refractivity contribution is -0.123. The van der Waals surface area contributed by atoms with Crippen molar-refractivity contribution in [2.45, 2.75) is 19.4 Å². The smallest absolute Gasteiger partial charge is 0.242 e. The van der Waals surface area contributed by atoms with Gasteiger partial charge in [0.05, 0.1) is 0 Å². The monoisotopic (exact) mass is 232 g/mol. The second-order valence-electron chi connectivity index (χ2n) is 4.12. The summed E-state index contributed by atoms with van der Waals surface area (Å²) in [5, 5.41) is 2.87. The van der Waals surface area contributed by atoms with Gasteiger partial charge >= 0.3 is 0 Å². The molecular formula is C13H16N2O2. The summed E-state index contributed by atoms with van der Waals surface area (Å²) in [6.07, 6.45) is 1.60. The summed E-state index contributed by atoms with van der Waals surface area (Å²) < 4.78 is 0. The molecule has 1 aromatic rings. The molecule has 1 aromatic carbocycles. The van der Waals surface area contributed by atoms with Crippen molar-refractivity contribution in [2.24, 2.45) is 0 Å². The van der Waals surface area contributed by atoms with E-state index in [2.05, 4.69) is 10.2 Å². The van der Waals surface area contributed by atoms with Crippen molar-refractivity contribution in [3.8, 4) is 0 Å². The molecule has 90 valence electrons. The highest BCUT2D eigenvalue weighted by molar-refractivity contribution is 5.86. The zero-order chi connectivity index (χ0) is 12.3. The fourth-order valence-electron chi connectivity index (χ4n) is 2.17. The number of carbonyl (C=O) groups is 2. The summed E-state index contributed by atoms with van der Waals surface area (Å²) in [5.41, 5.74) is 1.65. The van der Waals surface area contributed by atoms with Gasteiger partial charge in [-0.15, -0.1) is 0 Å². The predicted molar refractivity (Wildman–Crippen MR) is 66.3 cm³/mol. The number of rotatable bonds is 3. The second-order valence-corrected chi connectivity index (χ2v) is 4.12. The molecule has 1 saturated heterocycles. The van der Waals surface area contributed by atoms with Gasteiger partial charge in [0.1, 0.15) is 12.3 Å². The van der Waals surface area contributed by atoms with E-state index >= 15 is 0 Å². The number of amides is 1. The molecule has 0 bridgehead atoms. The Morgan fingerprint density at radius 1 is 1.41 bits per heavy atom. The number of hydrogen-bond acceptors (Lipinski definition) is 3. The fraction of sp³-hybridized carbons (Fsp3) is 0.385. The third kappa shape index (κ3) is 2.30. The highest BCUT2D eigenvalue weighted by Gasteiger charge is 2.27. The maximum absolute atomic E-state index is 11.7. The summed E-state index contributed by atoms with van der Waals surface area (Å²) in [7, 11) is 0. The van der Waals surface area contributed by atoms with E-state index in [1.54, 1.807) is 12.1 Å². The normalized spacial score (nSPS) is 19.9. The van der Waals surface area contributed by atoms with Gasteiger partial charge in [0.25, 0.3) is 0 Å². The number of piperazine rings is 1. The minimum absolute atomic E-state index is 0.0817. The van der Waals surface area contributed by atoms with Gasteiger partial charge in [-0.05, 0) is 30.7 Å². The Morgan fingerprint density at radius 3 is 2.71 bits per heavy atom. The molecule has 1 fully saturated rings. The van der Waals surface area contributed by atoms with Gasteiger partial charge in [0, 0.05) is 24.3 Å². The molecule has 1 heterocycles. The van der Waals surface area contributed by atoms with Crippen LogP contribution >= 0.6 is 0 Å². The molecule has 1 N–H and O–H groups in total. The van der Waals surface area contributed by atoms with E-state index in [0.717, 1.165) is 24.9 Å². The van der Waals surface area contributed by atoms with Crippen LogP contribution in [0, 0.1) is 0 Å². The third-order valence-electron chi connectivity index (χ3n) is 3.08. The van der Waals surface area contributed by atoms with E-state index < -0.39 is 0 Å². The zero-order valence-corrected chi connectivity index (χ0v) is 9.85. The van der Waals surface area contributed by atoms with Crippen molar-refractivity contribution in [2.75, 3.05) is 18.0 Å². The van der Waals surface area contributed by atoms with Crippen LogP contribution in [0.5, 0.6) is 0 Å². The van der Waals surface area contributed by atoms with Crippen LogP contribution in [0.2, 0.25) is 0 Å². The predicted octanol–water partition coefficient (Wildman–Crippen LogP) is 1.21. The van der Waals surface area contributed by atoms with Crippen LogP contribution in [0.3, 0.4) is 0 Å². The van der Waals surface area contributed by atoms with Crippen molar-refractivity contribution >= 4 is 17.9 Å². The average molecular weight is 232 g/mol. The molecule has 0 spiro atoms. The molecule has 1 unspecified atom stereocenters. The molecule has 0 radical (unpaired) electrons. The number of carbonyl (C=O) groups excluding carboxylic acids is 2. The van der Waals surface area contributed by atoms with Crippen LogP contribution in [-0.4, -0.2) is 31.3 Å². The molecule has 1 aliphatic rings. The quantitative estimate of drug-likeness (QED) is 0.797. The zero-order valence-electron chi connectivity index (χ0n) is 9.85. The number of nitrogens with one attached hydrogen (secondary N) is 1. The van der Waals surface area contributed by atoms with E-state index in [4.69, 9.17) is 0 Å². The van der Waals surface area contributed by atoms with Crippen LogP contribution in [0.1, 0.15) is 23.7 Å². The summed E-state index contributed by atoms with van der Waals surface area (Å²) >= 11 is 0. The van der Waals surface area contributed by atoms with Crippen molar-refractivity contribution in [1.82, 2.24) is 5.32 Å².